The van der Waals surface area contributed by atoms with Crippen LogP contribution in [0.5, 0.6) is 0 Å². The minimum Gasteiger partial charge on any atom is -0.465 e. The van der Waals surface area contributed by atoms with Gasteiger partial charge in [-0.25, -0.2) is 4.79 Å². The van der Waals surface area contributed by atoms with Gasteiger partial charge in [-0.3, -0.25) is 4.68 Å². The minimum absolute atomic E-state index is 0.332. The second kappa shape index (κ2) is 8.71. The van der Waals surface area contributed by atoms with Crippen molar-refractivity contribution in [1.29, 1.82) is 0 Å². The molecular formula is C19H29N3O2. The Morgan fingerprint density at radius 1 is 1.17 bits per heavy atom. The second-order valence-corrected chi connectivity index (χ2v) is 6.07. The van der Waals surface area contributed by atoms with Crippen LogP contribution in [-0.4, -0.2) is 35.9 Å². The zero-order valence-corrected chi connectivity index (χ0v) is 15.3. The summed E-state index contributed by atoms with van der Waals surface area (Å²) in [7, 11) is 1.41. The van der Waals surface area contributed by atoms with E-state index in [1.807, 2.05) is 23.0 Å². The summed E-state index contributed by atoms with van der Waals surface area (Å²) in [5, 5.41) is 5.62. The third-order valence-corrected chi connectivity index (χ3v) is 4.30. The van der Waals surface area contributed by atoms with Crippen LogP contribution in [0.25, 0.3) is 10.9 Å². The number of aromatic nitrogens is 2. The molecule has 0 unspecified atom stereocenters. The Balaban J connectivity index is 2.48. The molecule has 2 aromatic rings. The fourth-order valence-electron chi connectivity index (χ4n) is 3.03. The number of nitrogens with zero attached hydrogens (tertiary/aromatic N) is 3. The molecule has 24 heavy (non-hydrogen) atoms. The van der Waals surface area contributed by atoms with Crippen molar-refractivity contribution in [1.82, 2.24) is 9.78 Å². The molecule has 0 spiro atoms. The van der Waals surface area contributed by atoms with Gasteiger partial charge in [0.15, 0.2) is 0 Å². The Bertz CT molecular complexity index is 679. The lowest BCUT2D eigenvalue weighted by atomic mass is 10.1. The Kier molecular flexibility index (Phi) is 6.64. The van der Waals surface area contributed by atoms with E-state index in [4.69, 9.17) is 4.74 Å². The van der Waals surface area contributed by atoms with Gasteiger partial charge in [-0.2, -0.15) is 5.10 Å². The van der Waals surface area contributed by atoms with Gasteiger partial charge in [0.2, 0.25) is 0 Å². The van der Waals surface area contributed by atoms with Crippen molar-refractivity contribution in [3.05, 3.63) is 23.9 Å². The summed E-state index contributed by atoms with van der Waals surface area (Å²) in [5.74, 6) is -0.332. The number of benzene rings is 1. The molecule has 0 aliphatic heterocycles. The number of ether oxygens (including phenoxy) is 1. The minimum atomic E-state index is -0.332. The van der Waals surface area contributed by atoms with Crippen LogP contribution in [0.1, 0.15) is 56.8 Å². The SMILES string of the molecule is CCCCCN(CCC)c1ccc(C(=O)OC)c2nn(CC)cc12. The van der Waals surface area contributed by atoms with Crippen molar-refractivity contribution in [3.63, 3.8) is 0 Å². The molecule has 0 aliphatic rings. The van der Waals surface area contributed by atoms with E-state index in [2.05, 4.69) is 30.8 Å². The number of anilines is 1. The van der Waals surface area contributed by atoms with Crippen molar-refractivity contribution in [3.8, 4) is 0 Å². The third kappa shape index (κ3) is 3.89. The van der Waals surface area contributed by atoms with Crippen LogP contribution in [-0.2, 0) is 11.3 Å². The smallest absolute Gasteiger partial charge is 0.340 e. The first-order valence-electron chi connectivity index (χ1n) is 8.99. The van der Waals surface area contributed by atoms with E-state index in [1.54, 1.807) is 0 Å². The maximum atomic E-state index is 12.1. The number of methoxy groups -OCH3 is 1. The number of hydrogen-bond donors (Lipinski definition) is 0. The summed E-state index contributed by atoms with van der Waals surface area (Å²) >= 11 is 0. The number of esters is 1. The van der Waals surface area contributed by atoms with Gasteiger partial charge in [-0.1, -0.05) is 26.7 Å². The van der Waals surface area contributed by atoms with E-state index in [9.17, 15) is 4.79 Å². The highest BCUT2D eigenvalue weighted by molar-refractivity contribution is 6.06. The lowest BCUT2D eigenvalue weighted by Gasteiger charge is -2.25. The monoisotopic (exact) mass is 331 g/mol. The zero-order valence-electron chi connectivity index (χ0n) is 15.3. The molecule has 5 nitrogen and oxygen atoms in total. The second-order valence-electron chi connectivity index (χ2n) is 6.07. The fourth-order valence-corrected chi connectivity index (χ4v) is 3.03. The lowest BCUT2D eigenvalue weighted by Crippen LogP contribution is -2.25. The molecule has 1 heterocycles. The quantitative estimate of drug-likeness (QED) is 0.509. The van der Waals surface area contributed by atoms with Gasteiger partial charge < -0.3 is 9.64 Å². The maximum Gasteiger partial charge on any atom is 0.340 e. The van der Waals surface area contributed by atoms with Crippen LogP contribution in [0.15, 0.2) is 18.3 Å². The van der Waals surface area contributed by atoms with E-state index in [-0.39, 0.29) is 5.97 Å². The topological polar surface area (TPSA) is 47.4 Å². The summed E-state index contributed by atoms with van der Waals surface area (Å²) in [5.41, 5.74) is 2.43. The van der Waals surface area contributed by atoms with Gasteiger partial charge in [0.25, 0.3) is 0 Å². The Morgan fingerprint density at radius 3 is 2.58 bits per heavy atom. The van der Waals surface area contributed by atoms with E-state index in [0.717, 1.165) is 42.6 Å². The zero-order chi connectivity index (χ0) is 17.5. The molecule has 1 aromatic heterocycles. The van der Waals surface area contributed by atoms with Crippen molar-refractivity contribution in [2.24, 2.45) is 0 Å². The van der Waals surface area contributed by atoms with Crippen LogP contribution < -0.4 is 4.90 Å². The average Bonchev–Trinajstić information content (AvgIpc) is 3.04. The van der Waals surface area contributed by atoms with Crippen LogP contribution in [0.2, 0.25) is 0 Å². The summed E-state index contributed by atoms with van der Waals surface area (Å²) < 4.78 is 6.80. The number of carbonyl (C=O) groups is 1. The molecule has 132 valence electrons. The van der Waals surface area contributed by atoms with Gasteiger partial charge in [-0.05, 0) is 31.9 Å². The Hall–Kier alpha value is -2.04. The first-order valence-corrected chi connectivity index (χ1v) is 8.99. The van der Waals surface area contributed by atoms with E-state index >= 15 is 0 Å². The molecule has 0 bridgehead atoms. The standard InChI is InChI=1S/C19H29N3O2/c1-5-8-9-13-21(12-6-2)17-11-10-15(19(23)24-4)18-16(17)14-22(7-3)20-18/h10-11,14H,5-9,12-13H2,1-4H3. The first-order chi connectivity index (χ1) is 11.7. The largest absolute Gasteiger partial charge is 0.465 e. The van der Waals surface area contributed by atoms with E-state index in [1.165, 1.54) is 26.4 Å². The average molecular weight is 331 g/mol. The first kappa shape index (κ1) is 18.3. The van der Waals surface area contributed by atoms with E-state index in [0.29, 0.717) is 5.56 Å². The predicted molar refractivity (Wildman–Crippen MR) is 98.8 cm³/mol. The Morgan fingerprint density at radius 2 is 1.96 bits per heavy atom. The summed E-state index contributed by atoms with van der Waals surface area (Å²) in [6, 6.07) is 3.89. The van der Waals surface area contributed by atoms with Gasteiger partial charge >= 0.3 is 5.97 Å². The number of unbranched alkanes of at least 4 members (excludes halogenated alkanes) is 2. The van der Waals surface area contributed by atoms with Crippen LogP contribution in [0.3, 0.4) is 0 Å². The van der Waals surface area contributed by atoms with Crippen molar-refractivity contribution >= 4 is 22.6 Å². The summed E-state index contributed by atoms with van der Waals surface area (Å²) in [6.07, 6.45) is 6.76. The van der Waals surface area contributed by atoms with Gasteiger partial charge in [0.05, 0.1) is 12.7 Å². The Labute approximate surface area is 144 Å². The number of aryl methyl sites for hydroxylation is 1. The molecule has 2 rings (SSSR count). The number of hydrogen-bond acceptors (Lipinski definition) is 4. The van der Waals surface area contributed by atoms with Crippen molar-refractivity contribution in [2.75, 3.05) is 25.1 Å². The molecule has 0 aliphatic carbocycles. The van der Waals surface area contributed by atoms with Crippen molar-refractivity contribution < 1.29 is 9.53 Å². The molecule has 1 aromatic carbocycles. The highest BCUT2D eigenvalue weighted by Gasteiger charge is 2.19. The van der Waals surface area contributed by atoms with Crippen molar-refractivity contribution in [2.45, 2.75) is 53.0 Å². The highest BCUT2D eigenvalue weighted by atomic mass is 16.5. The summed E-state index contributed by atoms with van der Waals surface area (Å²) in [4.78, 5) is 14.5. The predicted octanol–water partition coefficient (Wildman–Crippen LogP) is 4.25. The third-order valence-electron chi connectivity index (χ3n) is 4.30. The highest BCUT2D eigenvalue weighted by Crippen LogP contribution is 2.30. The van der Waals surface area contributed by atoms with Gasteiger partial charge in [0.1, 0.15) is 5.52 Å². The molecule has 0 N–H and O–H groups in total. The van der Waals surface area contributed by atoms with Gasteiger partial charge in [-0.15, -0.1) is 0 Å². The molecule has 0 saturated heterocycles. The molecular weight excluding hydrogens is 302 g/mol. The number of fused-ring (bicyclic) bond motifs is 1. The molecule has 0 radical (unpaired) electrons. The number of carbonyl (C=O) groups excluding carboxylic acids is 1. The van der Waals surface area contributed by atoms with Gasteiger partial charge in [0, 0.05) is 36.9 Å². The molecule has 0 saturated carbocycles. The molecule has 0 fully saturated rings. The van der Waals surface area contributed by atoms with Crippen LogP contribution >= 0.6 is 0 Å². The number of rotatable bonds is 9. The maximum absolute atomic E-state index is 12.1. The van der Waals surface area contributed by atoms with E-state index < -0.39 is 0 Å². The normalized spacial score (nSPS) is 11.0. The molecule has 0 amide bonds. The molecule has 5 heteroatoms. The molecule has 0 atom stereocenters. The fraction of sp³-hybridized carbons (Fsp3) is 0.579. The lowest BCUT2D eigenvalue weighted by molar-refractivity contribution is 0.0602. The summed E-state index contributed by atoms with van der Waals surface area (Å²) in [6.45, 7) is 9.28. The van der Waals surface area contributed by atoms with Crippen LogP contribution in [0, 0.1) is 0 Å². The van der Waals surface area contributed by atoms with Crippen LogP contribution in [0.4, 0.5) is 5.69 Å².